The van der Waals surface area contributed by atoms with Gasteiger partial charge in [0.1, 0.15) is 5.75 Å². The van der Waals surface area contributed by atoms with Gasteiger partial charge in [-0.05, 0) is 48.1 Å². The number of nitrogens with two attached hydrogens (primary N) is 1. The Labute approximate surface area is 165 Å². The fourth-order valence-corrected chi connectivity index (χ4v) is 2.89. The second kappa shape index (κ2) is 9.85. The van der Waals surface area contributed by atoms with E-state index in [0.717, 1.165) is 6.42 Å². The number of thiophene rings is 1. The predicted molar refractivity (Wildman–Crippen MR) is 106 cm³/mol. The number of hydrogen-bond acceptors (Lipinski definition) is 3. The van der Waals surface area contributed by atoms with Gasteiger partial charge < -0.3 is 15.8 Å². The van der Waals surface area contributed by atoms with Gasteiger partial charge in [0.25, 0.3) is 0 Å². The molecule has 1 heterocycles. The smallest absolute Gasteiger partial charge is 0.406 e. The number of aliphatic imine (C=N–C) groups is 1. The molecule has 0 radical (unpaired) electrons. The number of nitrogens with zero attached hydrogens (tertiary/aromatic N) is 1. The summed E-state index contributed by atoms with van der Waals surface area (Å²) in [7, 11) is 0. The highest BCUT2D eigenvalue weighted by Gasteiger charge is 2.30. The molecule has 1 unspecified atom stereocenters. The third kappa shape index (κ3) is 8.43. The van der Waals surface area contributed by atoms with Crippen molar-refractivity contribution in [1.82, 2.24) is 0 Å². The Morgan fingerprint density at radius 3 is 2.52 bits per heavy atom. The van der Waals surface area contributed by atoms with E-state index in [1.54, 1.807) is 11.3 Å². The minimum absolute atomic E-state index is 0. The van der Waals surface area contributed by atoms with Gasteiger partial charge in [-0.3, -0.25) is 4.99 Å². The van der Waals surface area contributed by atoms with Crippen molar-refractivity contribution in [1.29, 1.82) is 0 Å². The molecule has 0 saturated carbocycles. The van der Waals surface area contributed by atoms with Crippen LogP contribution in [0.25, 0.3) is 0 Å². The molecule has 1 aromatic heterocycles. The van der Waals surface area contributed by atoms with Crippen LogP contribution >= 0.6 is 35.3 Å². The minimum Gasteiger partial charge on any atom is -0.406 e. The summed E-state index contributed by atoms with van der Waals surface area (Å²) in [6.07, 6.45) is -3.77. The summed E-state index contributed by atoms with van der Waals surface area (Å²) < 4.78 is 40.1. The van der Waals surface area contributed by atoms with Crippen LogP contribution in [-0.2, 0) is 6.42 Å². The van der Waals surface area contributed by atoms with Crippen molar-refractivity contribution in [2.75, 3.05) is 11.9 Å². The summed E-state index contributed by atoms with van der Waals surface area (Å²) in [5.41, 5.74) is 6.34. The lowest BCUT2D eigenvalue weighted by Gasteiger charge is -2.11. The second-order valence-electron chi connectivity index (χ2n) is 5.31. The van der Waals surface area contributed by atoms with E-state index >= 15 is 0 Å². The molecule has 9 heteroatoms. The first-order valence-electron chi connectivity index (χ1n) is 7.27. The fourth-order valence-electron chi connectivity index (χ4n) is 2.02. The summed E-state index contributed by atoms with van der Waals surface area (Å²) in [6, 6.07) is 9.40. The van der Waals surface area contributed by atoms with Crippen LogP contribution in [0, 0.1) is 5.92 Å². The normalized spacial score (nSPS) is 13.0. The first-order chi connectivity index (χ1) is 11.3. The van der Waals surface area contributed by atoms with Crippen LogP contribution in [0.3, 0.4) is 0 Å². The number of ether oxygens (including phenoxy) is 1. The highest BCUT2D eigenvalue weighted by molar-refractivity contribution is 14.0. The maximum absolute atomic E-state index is 12.1. The van der Waals surface area contributed by atoms with Crippen LogP contribution in [0.4, 0.5) is 18.9 Å². The Hall–Kier alpha value is -1.49. The van der Waals surface area contributed by atoms with Gasteiger partial charge in [-0.25, -0.2) is 0 Å². The number of nitrogens with one attached hydrogen (secondary N) is 1. The molecule has 0 aliphatic heterocycles. The molecule has 0 aliphatic carbocycles. The summed E-state index contributed by atoms with van der Waals surface area (Å²) in [5.74, 6) is 0.275. The maximum atomic E-state index is 12.1. The molecule has 2 rings (SSSR count). The van der Waals surface area contributed by atoms with Crippen LogP contribution in [0.2, 0.25) is 0 Å². The monoisotopic (exact) mass is 485 g/mol. The zero-order valence-electron chi connectivity index (χ0n) is 13.4. The molecule has 0 saturated heterocycles. The van der Waals surface area contributed by atoms with Crippen LogP contribution in [0.15, 0.2) is 46.8 Å². The van der Waals surface area contributed by atoms with E-state index in [0.29, 0.717) is 18.2 Å². The predicted octanol–water partition coefficient (Wildman–Crippen LogP) is 4.87. The molecule has 25 heavy (non-hydrogen) atoms. The van der Waals surface area contributed by atoms with Gasteiger partial charge in [0.05, 0.1) is 0 Å². The molecule has 1 aromatic carbocycles. The van der Waals surface area contributed by atoms with Crippen LogP contribution in [-0.4, -0.2) is 18.9 Å². The van der Waals surface area contributed by atoms with Crippen molar-refractivity contribution in [3.63, 3.8) is 0 Å². The Morgan fingerprint density at radius 2 is 1.96 bits per heavy atom. The van der Waals surface area contributed by atoms with Gasteiger partial charge in [-0.2, -0.15) is 0 Å². The largest absolute Gasteiger partial charge is 0.573 e. The number of guanidine groups is 1. The zero-order valence-corrected chi connectivity index (χ0v) is 16.6. The summed E-state index contributed by atoms with van der Waals surface area (Å²) in [6.45, 7) is 2.64. The molecule has 0 spiro atoms. The van der Waals surface area contributed by atoms with Gasteiger partial charge in [0.15, 0.2) is 5.96 Å². The van der Waals surface area contributed by atoms with E-state index in [4.69, 9.17) is 5.73 Å². The van der Waals surface area contributed by atoms with E-state index in [1.807, 2.05) is 11.4 Å². The molecule has 0 aliphatic rings. The first-order valence-corrected chi connectivity index (χ1v) is 8.15. The fraction of sp³-hybridized carbons (Fsp3) is 0.312. The maximum Gasteiger partial charge on any atom is 0.573 e. The molecule has 2 aromatic rings. The minimum atomic E-state index is -4.70. The van der Waals surface area contributed by atoms with E-state index in [-0.39, 0.29) is 35.7 Å². The van der Waals surface area contributed by atoms with E-state index in [1.165, 1.54) is 29.1 Å². The Kier molecular flexibility index (Phi) is 8.50. The van der Waals surface area contributed by atoms with Crippen molar-refractivity contribution in [3.05, 3.63) is 46.7 Å². The van der Waals surface area contributed by atoms with E-state index in [2.05, 4.69) is 28.0 Å². The molecule has 0 amide bonds. The van der Waals surface area contributed by atoms with Crippen LogP contribution in [0.5, 0.6) is 5.75 Å². The van der Waals surface area contributed by atoms with Crippen molar-refractivity contribution in [2.24, 2.45) is 16.6 Å². The molecule has 1 atom stereocenters. The number of benzene rings is 1. The molecular weight excluding hydrogens is 466 g/mol. The number of alkyl halides is 3. The Morgan fingerprint density at radius 1 is 1.28 bits per heavy atom. The first kappa shape index (κ1) is 21.6. The van der Waals surface area contributed by atoms with Crippen LogP contribution < -0.4 is 15.8 Å². The van der Waals surface area contributed by atoms with Gasteiger partial charge in [0, 0.05) is 17.1 Å². The Bertz CT molecular complexity index is 660. The SMILES string of the molecule is CC(CN=C(N)Nc1ccc(OC(F)(F)F)cc1)Cc1cccs1.I. The van der Waals surface area contributed by atoms with Gasteiger partial charge >= 0.3 is 6.36 Å². The van der Waals surface area contributed by atoms with Crippen molar-refractivity contribution >= 4 is 47.0 Å². The van der Waals surface area contributed by atoms with Crippen molar-refractivity contribution in [3.8, 4) is 5.75 Å². The molecule has 0 fully saturated rings. The molecular formula is C16H19F3IN3OS. The third-order valence-electron chi connectivity index (χ3n) is 3.06. The molecule has 138 valence electrons. The number of hydrogen-bond donors (Lipinski definition) is 2. The number of rotatable bonds is 6. The average molecular weight is 485 g/mol. The standard InChI is InChI=1S/C16H18F3N3OS.HI/c1-11(9-14-3-2-8-24-14)10-21-15(20)22-12-4-6-13(7-5-12)23-16(17,18)19;/h2-8,11H,9-10H2,1H3,(H3,20,21,22);1H. The summed E-state index contributed by atoms with van der Waals surface area (Å²) in [5, 5.41) is 4.87. The van der Waals surface area contributed by atoms with Gasteiger partial charge in [-0.1, -0.05) is 13.0 Å². The van der Waals surface area contributed by atoms with E-state index < -0.39 is 6.36 Å². The Balaban J connectivity index is 0.00000312. The number of anilines is 1. The quantitative estimate of drug-likeness (QED) is 0.349. The second-order valence-corrected chi connectivity index (χ2v) is 6.34. The number of halogens is 4. The topological polar surface area (TPSA) is 59.6 Å². The lowest BCUT2D eigenvalue weighted by molar-refractivity contribution is -0.274. The zero-order chi connectivity index (χ0) is 17.6. The highest BCUT2D eigenvalue weighted by Crippen LogP contribution is 2.23. The average Bonchev–Trinajstić information content (AvgIpc) is 2.99. The third-order valence-corrected chi connectivity index (χ3v) is 3.96. The summed E-state index contributed by atoms with van der Waals surface area (Å²) >= 11 is 1.71. The van der Waals surface area contributed by atoms with Crippen LogP contribution in [0.1, 0.15) is 11.8 Å². The van der Waals surface area contributed by atoms with Gasteiger partial charge in [0.2, 0.25) is 0 Å². The highest BCUT2D eigenvalue weighted by atomic mass is 127. The van der Waals surface area contributed by atoms with Crippen molar-refractivity contribution < 1.29 is 17.9 Å². The molecule has 4 nitrogen and oxygen atoms in total. The lowest BCUT2D eigenvalue weighted by Crippen LogP contribution is -2.23. The molecule has 0 bridgehead atoms. The molecule has 3 N–H and O–H groups in total. The van der Waals surface area contributed by atoms with E-state index in [9.17, 15) is 13.2 Å². The lowest BCUT2D eigenvalue weighted by atomic mass is 10.1. The van der Waals surface area contributed by atoms with Gasteiger partial charge in [-0.15, -0.1) is 48.5 Å². The van der Waals surface area contributed by atoms with Crippen molar-refractivity contribution in [2.45, 2.75) is 19.7 Å². The summed E-state index contributed by atoms with van der Waals surface area (Å²) in [4.78, 5) is 5.55.